The molecule has 7 heteroatoms. The van der Waals surface area contributed by atoms with Crippen molar-refractivity contribution in [2.75, 3.05) is 20.6 Å². The molecule has 6 nitrogen and oxygen atoms in total. The van der Waals surface area contributed by atoms with E-state index in [0.29, 0.717) is 12.5 Å². The fourth-order valence-electron chi connectivity index (χ4n) is 3.16. The van der Waals surface area contributed by atoms with E-state index in [-0.39, 0.29) is 18.5 Å². The lowest BCUT2D eigenvalue weighted by atomic mass is 9.76. The minimum atomic E-state index is -3.57. The van der Waals surface area contributed by atoms with Gasteiger partial charge in [-0.3, -0.25) is 4.79 Å². The first-order valence-electron chi connectivity index (χ1n) is 7.43. The number of amides is 1. The van der Waals surface area contributed by atoms with Crippen LogP contribution < -0.4 is 4.72 Å². The normalized spacial score (nSPS) is 23.7. The Kier molecular flexibility index (Phi) is 3.96. The SMILES string of the molecule is CN(C)S(=O)(=O)NCC(=O)N1Cc2ccccc2C2CC1C2. The molecule has 0 saturated heterocycles. The summed E-state index contributed by atoms with van der Waals surface area (Å²) < 4.78 is 26.9. The van der Waals surface area contributed by atoms with Gasteiger partial charge in [-0.25, -0.2) is 0 Å². The summed E-state index contributed by atoms with van der Waals surface area (Å²) in [4.78, 5) is 14.3. The van der Waals surface area contributed by atoms with Gasteiger partial charge in [-0.1, -0.05) is 24.3 Å². The van der Waals surface area contributed by atoms with Crippen LogP contribution in [0.15, 0.2) is 24.3 Å². The number of nitrogens with one attached hydrogen (secondary N) is 1. The quantitative estimate of drug-likeness (QED) is 0.885. The zero-order chi connectivity index (χ0) is 15.9. The Balaban J connectivity index is 1.72. The summed E-state index contributed by atoms with van der Waals surface area (Å²) >= 11 is 0. The van der Waals surface area contributed by atoms with Crippen LogP contribution in [0.25, 0.3) is 0 Å². The highest BCUT2D eigenvalue weighted by molar-refractivity contribution is 7.87. The molecule has 0 spiro atoms. The van der Waals surface area contributed by atoms with Crippen molar-refractivity contribution in [3.8, 4) is 0 Å². The smallest absolute Gasteiger partial charge is 0.279 e. The Morgan fingerprint density at radius 2 is 2.00 bits per heavy atom. The van der Waals surface area contributed by atoms with Crippen LogP contribution in [0.1, 0.15) is 29.9 Å². The maximum atomic E-state index is 12.4. The molecular formula is C15H21N3O3S. The molecule has 120 valence electrons. The van der Waals surface area contributed by atoms with E-state index in [4.69, 9.17) is 0 Å². The van der Waals surface area contributed by atoms with E-state index in [1.54, 1.807) is 0 Å². The van der Waals surface area contributed by atoms with Crippen molar-refractivity contribution in [2.24, 2.45) is 0 Å². The predicted molar refractivity (Wildman–Crippen MR) is 83.4 cm³/mol. The number of hydrogen-bond acceptors (Lipinski definition) is 3. The molecule has 3 aliphatic rings. The molecule has 2 heterocycles. The molecule has 1 aliphatic carbocycles. The largest absolute Gasteiger partial charge is 0.334 e. The van der Waals surface area contributed by atoms with Gasteiger partial charge in [0.2, 0.25) is 5.91 Å². The summed E-state index contributed by atoms with van der Waals surface area (Å²) in [5, 5.41) is 0. The van der Waals surface area contributed by atoms with E-state index in [9.17, 15) is 13.2 Å². The zero-order valence-electron chi connectivity index (χ0n) is 12.8. The molecule has 0 aromatic heterocycles. The lowest BCUT2D eigenvalue weighted by Crippen LogP contribution is -2.49. The molecule has 1 N–H and O–H groups in total. The first-order chi connectivity index (χ1) is 10.4. The third kappa shape index (κ3) is 2.76. The Hall–Kier alpha value is -1.44. The van der Waals surface area contributed by atoms with Crippen LogP contribution in [-0.4, -0.2) is 50.2 Å². The van der Waals surface area contributed by atoms with E-state index in [1.165, 1.54) is 25.2 Å². The third-order valence-corrected chi connectivity index (χ3v) is 6.07. The number of rotatable bonds is 4. The van der Waals surface area contributed by atoms with E-state index >= 15 is 0 Å². The van der Waals surface area contributed by atoms with Crippen LogP contribution in [0.4, 0.5) is 0 Å². The highest BCUT2D eigenvalue weighted by atomic mass is 32.2. The van der Waals surface area contributed by atoms with Gasteiger partial charge in [0.1, 0.15) is 0 Å². The summed E-state index contributed by atoms with van der Waals surface area (Å²) in [5.41, 5.74) is 2.51. The number of nitrogens with zero attached hydrogens (tertiary/aromatic N) is 2. The second-order valence-electron chi connectivity index (χ2n) is 6.15. The summed E-state index contributed by atoms with van der Waals surface area (Å²) in [5.74, 6) is 0.378. The van der Waals surface area contributed by atoms with Crippen LogP contribution in [0.5, 0.6) is 0 Å². The molecular weight excluding hydrogens is 302 g/mol. The summed E-state index contributed by atoms with van der Waals surface area (Å²) in [7, 11) is -0.698. The highest BCUT2D eigenvalue weighted by Gasteiger charge is 2.40. The molecule has 2 bridgehead atoms. The third-order valence-electron chi connectivity index (χ3n) is 4.60. The summed E-state index contributed by atoms with van der Waals surface area (Å²) in [6, 6.07) is 8.45. The first-order valence-corrected chi connectivity index (χ1v) is 8.87. The molecule has 4 rings (SSSR count). The van der Waals surface area contributed by atoms with E-state index in [1.807, 2.05) is 17.0 Å². The Labute approximate surface area is 131 Å². The Bertz CT molecular complexity index is 681. The molecule has 2 aliphatic heterocycles. The van der Waals surface area contributed by atoms with Crippen molar-refractivity contribution in [3.05, 3.63) is 35.4 Å². The molecule has 1 fully saturated rings. The predicted octanol–water partition coefficient (Wildman–Crippen LogP) is 0.671. The average molecular weight is 323 g/mol. The molecule has 1 aromatic carbocycles. The van der Waals surface area contributed by atoms with E-state index < -0.39 is 10.2 Å². The second kappa shape index (κ2) is 5.64. The van der Waals surface area contributed by atoms with Crippen molar-refractivity contribution < 1.29 is 13.2 Å². The van der Waals surface area contributed by atoms with Crippen LogP contribution in [-0.2, 0) is 21.5 Å². The fourth-order valence-corrected chi connectivity index (χ4v) is 3.72. The minimum absolute atomic E-state index is 0.162. The lowest BCUT2D eigenvalue weighted by molar-refractivity contribution is -0.134. The van der Waals surface area contributed by atoms with Crippen molar-refractivity contribution in [3.63, 3.8) is 0 Å². The average Bonchev–Trinajstić information content (AvgIpc) is 2.69. The number of hydrogen-bond donors (Lipinski definition) is 1. The fraction of sp³-hybridized carbons (Fsp3) is 0.533. The molecule has 0 radical (unpaired) electrons. The maximum Gasteiger partial charge on any atom is 0.279 e. The topological polar surface area (TPSA) is 69.7 Å². The van der Waals surface area contributed by atoms with Crippen molar-refractivity contribution in [1.29, 1.82) is 0 Å². The summed E-state index contributed by atoms with van der Waals surface area (Å²) in [6.07, 6.45) is 1.95. The number of carbonyl (C=O) groups is 1. The first kappa shape index (κ1) is 15.5. The van der Waals surface area contributed by atoms with Gasteiger partial charge in [0.15, 0.2) is 0 Å². The number of fused-ring (bicyclic) bond motifs is 1. The van der Waals surface area contributed by atoms with Crippen molar-refractivity contribution in [1.82, 2.24) is 13.9 Å². The van der Waals surface area contributed by atoms with Crippen LogP contribution >= 0.6 is 0 Å². The van der Waals surface area contributed by atoms with Crippen LogP contribution in [0.3, 0.4) is 0 Å². The highest BCUT2D eigenvalue weighted by Crippen LogP contribution is 2.44. The molecule has 0 atom stereocenters. The van der Waals surface area contributed by atoms with E-state index in [0.717, 1.165) is 17.1 Å². The van der Waals surface area contributed by atoms with E-state index in [2.05, 4.69) is 16.9 Å². The molecule has 22 heavy (non-hydrogen) atoms. The van der Waals surface area contributed by atoms with Gasteiger partial charge in [-0.05, 0) is 29.9 Å². The van der Waals surface area contributed by atoms with Gasteiger partial charge in [-0.2, -0.15) is 17.4 Å². The van der Waals surface area contributed by atoms with Gasteiger partial charge >= 0.3 is 0 Å². The number of benzene rings is 1. The molecule has 1 saturated carbocycles. The monoisotopic (exact) mass is 323 g/mol. The van der Waals surface area contributed by atoms with Gasteiger partial charge in [0.25, 0.3) is 10.2 Å². The van der Waals surface area contributed by atoms with Gasteiger partial charge in [0, 0.05) is 26.7 Å². The van der Waals surface area contributed by atoms with Crippen LogP contribution in [0.2, 0.25) is 0 Å². The Morgan fingerprint density at radius 1 is 1.32 bits per heavy atom. The Morgan fingerprint density at radius 3 is 2.68 bits per heavy atom. The second-order valence-corrected chi connectivity index (χ2v) is 8.12. The van der Waals surface area contributed by atoms with Gasteiger partial charge in [0.05, 0.1) is 6.54 Å². The molecule has 1 amide bonds. The maximum absolute atomic E-state index is 12.4. The standard InChI is InChI=1S/C15H21N3O3S/c1-17(2)22(20,21)16-9-15(19)18-10-11-5-3-4-6-14(11)12-7-13(18)8-12/h3-6,12-13,16H,7-10H2,1-2H3. The molecule has 0 unspecified atom stereocenters. The van der Waals surface area contributed by atoms with Crippen LogP contribution in [0, 0.1) is 0 Å². The lowest BCUT2D eigenvalue weighted by Gasteiger charge is -2.39. The van der Waals surface area contributed by atoms with Gasteiger partial charge < -0.3 is 4.90 Å². The van der Waals surface area contributed by atoms with Gasteiger partial charge in [-0.15, -0.1) is 0 Å². The molecule has 1 aromatic rings. The zero-order valence-corrected chi connectivity index (χ0v) is 13.6. The van der Waals surface area contributed by atoms with Crippen molar-refractivity contribution in [2.45, 2.75) is 31.3 Å². The number of carbonyl (C=O) groups excluding carboxylic acids is 1. The minimum Gasteiger partial charge on any atom is -0.334 e. The summed E-state index contributed by atoms with van der Waals surface area (Å²) in [6.45, 7) is 0.379. The van der Waals surface area contributed by atoms with Crippen molar-refractivity contribution >= 4 is 16.1 Å².